The highest BCUT2D eigenvalue weighted by Crippen LogP contribution is 2.07. The number of carbonyl (C=O) groups is 1. The Kier molecular flexibility index (Phi) is 5.66. The van der Waals surface area contributed by atoms with E-state index in [0.717, 1.165) is 19.6 Å². The molecule has 0 fully saturated rings. The molecule has 0 aliphatic carbocycles. The van der Waals surface area contributed by atoms with Crippen LogP contribution in [0.2, 0.25) is 0 Å². The number of imidazole rings is 1. The average molecular weight is 301 g/mol. The van der Waals surface area contributed by atoms with Gasteiger partial charge in [-0.3, -0.25) is 9.36 Å². The molecule has 0 aliphatic heterocycles. The molecule has 2 heterocycles. The quantitative estimate of drug-likeness (QED) is 0.846. The van der Waals surface area contributed by atoms with Crippen molar-refractivity contribution in [3.05, 3.63) is 42.6 Å². The third-order valence-electron chi connectivity index (χ3n) is 3.58. The molecule has 0 saturated heterocycles. The Morgan fingerprint density at radius 2 is 2.14 bits per heavy atom. The average Bonchev–Trinajstić information content (AvgIpc) is 3.07. The molecule has 0 aliphatic rings. The zero-order valence-corrected chi connectivity index (χ0v) is 13.4. The minimum atomic E-state index is -0.0802. The van der Waals surface area contributed by atoms with Crippen molar-refractivity contribution in [1.29, 1.82) is 0 Å². The predicted molar refractivity (Wildman–Crippen MR) is 86.1 cm³/mol. The lowest BCUT2D eigenvalue weighted by atomic mass is 10.2. The van der Waals surface area contributed by atoms with E-state index in [1.807, 2.05) is 6.92 Å². The molecule has 0 radical (unpaired) electrons. The number of likely N-dealkylation sites (N-methyl/N-ethyl adjacent to an activating group) is 1. The van der Waals surface area contributed by atoms with E-state index in [2.05, 4.69) is 34.0 Å². The van der Waals surface area contributed by atoms with Gasteiger partial charge in [0.1, 0.15) is 12.1 Å². The molecule has 1 N–H and O–H groups in total. The molecular formula is C16H23N5O. The normalized spacial score (nSPS) is 12.4. The molecule has 0 spiro atoms. The minimum absolute atomic E-state index is 0.0802. The molecule has 0 unspecified atom stereocenters. The van der Waals surface area contributed by atoms with Crippen molar-refractivity contribution in [3.63, 3.8) is 0 Å². The monoisotopic (exact) mass is 301 g/mol. The highest BCUT2D eigenvalue weighted by atomic mass is 16.1. The van der Waals surface area contributed by atoms with E-state index >= 15 is 0 Å². The molecule has 1 atom stereocenters. The van der Waals surface area contributed by atoms with Crippen LogP contribution in [0.15, 0.2) is 37.1 Å². The molecule has 0 aromatic carbocycles. The summed E-state index contributed by atoms with van der Waals surface area (Å²) < 4.78 is 1.77. The van der Waals surface area contributed by atoms with Gasteiger partial charge in [0.2, 0.25) is 0 Å². The highest BCUT2D eigenvalue weighted by molar-refractivity contribution is 5.94. The third kappa shape index (κ3) is 4.14. The van der Waals surface area contributed by atoms with Crippen molar-refractivity contribution < 1.29 is 4.79 Å². The van der Waals surface area contributed by atoms with Crippen molar-refractivity contribution in [1.82, 2.24) is 24.8 Å². The fraction of sp³-hybridized carbons (Fsp3) is 0.438. The Bertz CT molecular complexity index is 592. The van der Waals surface area contributed by atoms with E-state index in [9.17, 15) is 4.79 Å². The summed E-state index contributed by atoms with van der Waals surface area (Å²) in [6.45, 7) is 9.08. The Labute approximate surface area is 131 Å². The van der Waals surface area contributed by atoms with Gasteiger partial charge < -0.3 is 10.2 Å². The van der Waals surface area contributed by atoms with Crippen molar-refractivity contribution in [2.75, 3.05) is 19.6 Å². The summed E-state index contributed by atoms with van der Waals surface area (Å²) in [4.78, 5) is 22.9. The van der Waals surface area contributed by atoms with Crippen LogP contribution in [-0.4, -0.2) is 51.0 Å². The summed E-state index contributed by atoms with van der Waals surface area (Å²) in [6, 6.07) is 3.58. The van der Waals surface area contributed by atoms with Crippen LogP contribution < -0.4 is 5.32 Å². The van der Waals surface area contributed by atoms with Crippen LogP contribution >= 0.6 is 0 Å². The number of nitrogens with zero attached hydrogens (tertiary/aromatic N) is 4. The van der Waals surface area contributed by atoms with Crippen LogP contribution in [0.3, 0.4) is 0 Å². The third-order valence-corrected chi connectivity index (χ3v) is 3.58. The second-order valence-corrected chi connectivity index (χ2v) is 5.23. The van der Waals surface area contributed by atoms with Crippen LogP contribution in [0.4, 0.5) is 0 Å². The number of pyridine rings is 1. The van der Waals surface area contributed by atoms with Gasteiger partial charge in [-0.05, 0) is 32.1 Å². The maximum atomic E-state index is 12.4. The van der Waals surface area contributed by atoms with Gasteiger partial charge in [-0.25, -0.2) is 9.97 Å². The zero-order chi connectivity index (χ0) is 15.9. The molecule has 2 rings (SSSR count). The first-order chi connectivity index (χ1) is 10.6. The smallest absolute Gasteiger partial charge is 0.251 e. The lowest BCUT2D eigenvalue weighted by Gasteiger charge is -2.23. The molecule has 2 aromatic rings. The molecular weight excluding hydrogens is 278 g/mol. The van der Waals surface area contributed by atoms with Gasteiger partial charge in [0, 0.05) is 36.7 Å². The zero-order valence-electron chi connectivity index (χ0n) is 13.4. The number of carbonyl (C=O) groups excluding carboxylic acids is 1. The molecule has 0 saturated carbocycles. The lowest BCUT2D eigenvalue weighted by molar-refractivity contribution is 0.0930. The van der Waals surface area contributed by atoms with E-state index in [1.165, 1.54) is 0 Å². The van der Waals surface area contributed by atoms with Gasteiger partial charge in [-0.15, -0.1) is 0 Å². The first-order valence-corrected chi connectivity index (χ1v) is 7.61. The maximum absolute atomic E-state index is 12.4. The summed E-state index contributed by atoms with van der Waals surface area (Å²) in [5, 5.41) is 3.03. The summed E-state index contributed by atoms with van der Waals surface area (Å²) in [7, 11) is 0. The second kappa shape index (κ2) is 7.70. The van der Waals surface area contributed by atoms with Crippen LogP contribution in [0.1, 0.15) is 31.1 Å². The molecule has 0 bridgehead atoms. The molecule has 6 nitrogen and oxygen atoms in total. The number of aromatic nitrogens is 3. The van der Waals surface area contributed by atoms with E-state index in [1.54, 1.807) is 41.6 Å². The second-order valence-electron chi connectivity index (χ2n) is 5.23. The summed E-state index contributed by atoms with van der Waals surface area (Å²) in [5.41, 5.74) is 0.602. The summed E-state index contributed by atoms with van der Waals surface area (Å²) >= 11 is 0. The summed E-state index contributed by atoms with van der Waals surface area (Å²) in [5.74, 6) is 0.602. The fourth-order valence-corrected chi connectivity index (χ4v) is 2.32. The largest absolute Gasteiger partial charge is 0.348 e. The highest BCUT2D eigenvalue weighted by Gasteiger charge is 2.13. The van der Waals surface area contributed by atoms with Gasteiger partial charge >= 0.3 is 0 Å². The minimum Gasteiger partial charge on any atom is -0.348 e. The molecule has 1 amide bonds. The molecule has 118 valence electrons. The Hall–Kier alpha value is -2.21. The van der Waals surface area contributed by atoms with Gasteiger partial charge in [-0.1, -0.05) is 13.8 Å². The van der Waals surface area contributed by atoms with E-state index in [0.29, 0.717) is 11.4 Å². The molecule has 2 aromatic heterocycles. The van der Waals surface area contributed by atoms with Crippen molar-refractivity contribution in [3.8, 4) is 5.82 Å². The fourth-order valence-electron chi connectivity index (χ4n) is 2.32. The van der Waals surface area contributed by atoms with E-state index < -0.39 is 0 Å². The maximum Gasteiger partial charge on any atom is 0.251 e. The molecule has 22 heavy (non-hydrogen) atoms. The number of amides is 1. The topological polar surface area (TPSA) is 63.1 Å². The van der Waals surface area contributed by atoms with Crippen molar-refractivity contribution in [2.24, 2.45) is 0 Å². The van der Waals surface area contributed by atoms with Crippen molar-refractivity contribution >= 4 is 5.91 Å². The lowest BCUT2D eigenvalue weighted by Crippen LogP contribution is -2.41. The van der Waals surface area contributed by atoms with Gasteiger partial charge in [0.25, 0.3) is 5.91 Å². The molecule has 6 heteroatoms. The summed E-state index contributed by atoms with van der Waals surface area (Å²) in [6.07, 6.45) is 6.78. The number of hydrogen-bond donors (Lipinski definition) is 1. The SMILES string of the molecule is CCN(CC)C[C@H](C)NC(=O)c1ccnc(-n2ccnc2)c1. The van der Waals surface area contributed by atoms with Crippen LogP contribution in [0, 0.1) is 0 Å². The number of rotatable bonds is 7. The number of hydrogen-bond acceptors (Lipinski definition) is 4. The Morgan fingerprint density at radius 3 is 2.77 bits per heavy atom. The Balaban J connectivity index is 2.02. The predicted octanol–water partition coefficient (Wildman–Crippen LogP) is 1.73. The van der Waals surface area contributed by atoms with Gasteiger partial charge in [0.05, 0.1) is 0 Å². The van der Waals surface area contributed by atoms with Gasteiger partial charge in [-0.2, -0.15) is 0 Å². The van der Waals surface area contributed by atoms with Crippen LogP contribution in [-0.2, 0) is 0 Å². The van der Waals surface area contributed by atoms with Crippen LogP contribution in [0.25, 0.3) is 5.82 Å². The van der Waals surface area contributed by atoms with Crippen LogP contribution in [0.5, 0.6) is 0 Å². The van der Waals surface area contributed by atoms with Crippen molar-refractivity contribution in [2.45, 2.75) is 26.8 Å². The Morgan fingerprint density at radius 1 is 1.36 bits per heavy atom. The van der Waals surface area contributed by atoms with Gasteiger partial charge in [0.15, 0.2) is 0 Å². The number of nitrogens with one attached hydrogen (secondary N) is 1. The first-order valence-electron chi connectivity index (χ1n) is 7.61. The standard InChI is InChI=1S/C16H23N5O/c1-4-20(5-2)11-13(3)19-16(22)14-6-7-18-15(10-14)21-9-8-17-12-21/h6-10,12-13H,4-5,11H2,1-3H3,(H,19,22)/t13-/m0/s1. The first kappa shape index (κ1) is 16.2. The van der Waals surface area contributed by atoms with E-state index in [-0.39, 0.29) is 11.9 Å². The van der Waals surface area contributed by atoms with E-state index in [4.69, 9.17) is 0 Å².